The van der Waals surface area contributed by atoms with E-state index in [0.29, 0.717) is 13.0 Å². The second kappa shape index (κ2) is 3.57. The number of fused-ring (bicyclic) bond motifs is 2. The van der Waals surface area contributed by atoms with Crippen LogP contribution < -0.4 is 4.90 Å². The van der Waals surface area contributed by atoms with Crippen LogP contribution in [0.3, 0.4) is 0 Å². The lowest BCUT2D eigenvalue weighted by molar-refractivity contribution is -0.146. The van der Waals surface area contributed by atoms with Gasteiger partial charge in [0.2, 0.25) is 5.91 Å². The Morgan fingerprint density at radius 1 is 1.50 bits per heavy atom. The fraction of sp³-hybridized carbons (Fsp3) is 0.429. The molecule has 0 saturated heterocycles. The van der Waals surface area contributed by atoms with Crippen molar-refractivity contribution < 1.29 is 14.3 Å². The first kappa shape index (κ1) is 11.3. The van der Waals surface area contributed by atoms with Gasteiger partial charge in [-0.3, -0.25) is 9.59 Å². The molecule has 1 saturated carbocycles. The summed E-state index contributed by atoms with van der Waals surface area (Å²) < 4.78 is 5.04. The van der Waals surface area contributed by atoms with E-state index in [2.05, 4.69) is 0 Å². The number of hydrogen-bond donors (Lipinski definition) is 0. The highest BCUT2D eigenvalue weighted by Crippen LogP contribution is 2.61. The number of carbonyl (C=O) groups is 2. The number of benzene rings is 1. The minimum Gasteiger partial charge on any atom is -0.466 e. The van der Waals surface area contributed by atoms with Crippen LogP contribution in [0.5, 0.6) is 0 Å². The van der Waals surface area contributed by atoms with Crippen molar-refractivity contribution in [1.82, 2.24) is 0 Å². The maximum atomic E-state index is 12.4. The van der Waals surface area contributed by atoms with Crippen molar-refractivity contribution in [3.63, 3.8) is 0 Å². The average Bonchev–Trinajstić information content (AvgIpc) is 3.09. The van der Waals surface area contributed by atoms with E-state index in [9.17, 15) is 9.59 Å². The molecule has 2 aliphatic rings. The molecule has 2 atom stereocenters. The Balaban J connectivity index is 2.00. The van der Waals surface area contributed by atoms with Crippen LogP contribution in [0.4, 0.5) is 5.69 Å². The Morgan fingerprint density at radius 2 is 2.22 bits per heavy atom. The zero-order valence-electron chi connectivity index (χ0n) is 10.5. The van der Waals surface area contributed by atoms with Crippen LogP contribution >= 0.6 is 0 Å². The molecule has 0 bridgehead atoms. The molecular weight excluding hydrogens is 230 g/mol. The normalized spacial score (nSPS) is 28.4. The second-order valence-electron chi connectivity index (χ2n) is 4.86. The van der Waals surface area contributed by atoms with Crippen molar-refractivity contribution >= 4 is 17.6 Å². The molecule has 1 spiro atoms. The standard InChI is InChI=1S/C14H15NO3/c1-3-18-12(16)10-8-14(10)9-6-4-5-7-11(9)15(2)13(14)17/h4-7,10H,3,8H2,1-2H3/t10-,14+/m0/s1. The summed E-state index contributed by atoms with van der Waals surface area (Å²) in [6, 6.07) is 7.68. The molecule has 4 nitrogen and oxygen atoms in total. The molecule has 1 amide bonds. The van der Waals surface area contributed by atoms with E-state index in [1.54, 1.807) is 18.9 Å². The highest BCUT2D eigenvalue weighted by Gasteiger charge is 2.69. The van der Waals surface area contributed by atoms with Gasteiger partial charge in [0.15, 0.2) is 0 Å². The number of nitrogens with zero attached hydrogens (tertiary/aromatic N) is 1. The highest BCUT2D eigenvalue weighted by atomic mass is 16.5. The van der Waals surface area contributed by atoms with Crippen LogP contribution in [-0.2, 0) is 19.7 Å². The monoisotopic (exact) mass is 245 g/mol. The van der Waals surface area contributed by atoms with Crippen LogP contribution in [0.2, 0.25) is 0 Å². The first-order valence-corrected chi connectivity index (χ1v) is 6.17. The molecule has 1 aromatic carbocycles. The number of hydrogen-bond acceptors (Lipinski definition) is 3. The lowest BCUT2D eigenvalue weighted by Crippen LogP contribution is -2.31. The lowest BCUT2D eigenvalue weighted by atomic mass is 9.95. The molecule has 1 fully saturated rings. The molecule has 0 aromatic heterocycles. The molecular formula is C14H15NO3. The molecule has 1 heterocycles. The van der Waals surface area contributed by atoms with Crippen molar-refractivity contribution in [3.8, 4) is 0 Å². The summed E-state index contributed by atoms with van der Waals surface area (Å²) in [7, 11) is 1.76. The van der Waals surface area contributed by atoms with Gasteiger partial charge in [0, 0.05) is 12.7 Å². The van der Waals surface area contributed by atoms with Crippen molar-refractivity contribution in [2.45, 2.75) is 18.8 Å². The summed E-state index contributed by atoms with van der Waals surface area (Å²) in [5.74, 6) is -0.547. The number of amides is 1. The van der Waals surface area contributed by atoms with Crippen LogP contribution in [-0.4, -0.2) is 25.5 Å². The van der Waals surface area contributed by atoms with E-state index < -0.39 is 5.41 Å². The van der Waals surface area contributed by atoms with Crippen LogP contribution in [0, 0.1) is 5.92 Å². The number of rotatable bonds is 2. The first-order valence-electron chi connectivity index (χ1n) is 6.17. The predicted octanol–water partition coefficient (Wildman–Crippen LogP) is 1.48. The van der Waals surface area contributed by atoms with E-state index >= 15 is 0 Å². The average molecular weight is 245 g/mol. The quantitative estimate of drug-likeness (QED) is 0.741. The van der Waals surface area contributed by atoms with Crippen LogP contribution in [0.1, 0.15) is 18.9 Å². The van der Waals surface area contributed by atoms with E-state index in [-0.39, 0.29) is 17.8 Å². The Hall–Kier alpha value is -1.84. The summed E-state index contributed by atoms with van der Waals surface area (Å²) in [4.78, 5) is 25.9. The zero-order chi connectivity index (χ0) is 12.9. The maximum absolute atomic E-state index is 12.4. The Kier molecular flexibility index (Phi) is 2.24. The summed E-state index contributed by atoms with van der Waals surface area (Å²) in [5, 5.41) is 0. The molecule has 4 heteroatoms. The number of likely N-dealkylation sites (N-methyl/N-ethyl adjacent to an activating group) is 1. The van der Waals surface area contributed by atoms with Gasteiger partial charge < -0.3 is 9.64 Å². The van der Waals surface area contributed by atoms with Gasteiger partial charge in [0.1, 0.15) is 0 Å². The molecule has 3 rings (SSSR count). The van der Waals surface area contributed by atoms with Crippen molar-refractivity contribution in [3.05, 3.63) is 29.8 Å². The van der Waals surface area contributed by atoms with Gasteiger partial charge in [-0.25, -0.2) is 0 Å². The third-order valence-electron chi connectivity index (χ3n) is 3.96. The minimum absolute atomic E-state index is 0.0155. The molecule has 18 heavy (non-hydrogen) atoms. The second-order valence-corrected chi connectivity index (χ2v) is 4.86. The number of carbonyl (C=O) groups excluding carboxylic acids is 2. The number of esters is 1. The predicted molar refractivity (Wildman–Crippen MR) is 66.3 cm³/mol. The van der Waals surface area contributed by atoms with Crippen LogP contribution in [0.25, 0.3) is 0 Å². The topological polar surface area (TPSA) is 46.6 Å². The lowest BCUT2D eigenvalue weighted by Gasteiger charge is -2.10. The molecule has 0 radical (unpaired) electrons. The van der Waals surface area contributed by atoms with Gasteiger partial charge in [0.25, 0.3) is 0 Å². The Labute approximate surface area is 106 Å². The van der Waals surface area contributed by atoms with Gasteiger partial charge in [-0.1, -0.05) is 18.2 Å². The van der Waals surface area contributed by atoms with E-state index in [4.69, 9.17) is 4.74 Å². The smallest absolute Gasteiger partial charge is 0.310 e. The van der Waals surface area contributed by atoms with Crippen molar-refractivity contribution in [1.29, 1.82) is 0 Å². The third kappa shape index (κ3) is 1.20. The van der Waals surface area contributed by atoms with E-state index in [0.717, 1.165) is 11.3 Å². The summed E-state index contributed by atoms with van der Waals surface area (Å²) in [6.07, 6.45) is 0.575. The minimum atomic E-state index is -0.641. The largest absolute Gasteiger partial charge is 0.466 e. The van der Waals surface area contributed by atoms with Crippen LogP contribution in [0.15, 0.2) is 24.3 Å². The summed E-state index contributed by atoms with van der Waals surface area (Å²) in [5.41, 5.74) is 1.24. The van der Waals surface area contributed by atoms with Crippen molar-refractivity contribution in [2.24, 2.45) is 5.92 Å². The van der Waals surface area contributed by atoms with E-state index in [1.807, 2.05) is 24.3 Å². The van der Waals surface area contributed by atoms with Gasteiger partial charge >= 0.3 is 5.97 Å². The maximum Gasteiger partial charge on any atom is 0.310 e. The molecule has 0 N–H and O–H groups in total. The molecule has 0 unspecified atom stereocenters. The van der Waals surface area contributed by atoms with Crippen molar-refractivity contribution in [2.75, 3.05) is 18.6 Å². The number of ether oxygens (including phenoxy) is 1. The SMILES string of the molecule is CCOC(=O)[C@@H]1C[C@]12C(=O)N(C)c1ccccc12. The number of anilines is 1. The zero-order valence-corrected chi connectivity index (χ0v) is 10.5. The Morgan fingerprint density at radius 3 is 2.94 bits per heavy atom. The summed E-state index contributed by atoms with van der Waals surface area (Å²) >= 11 is 0. The van der Waals surface area contributed by atoms with Gasteiger partial charge in [0.05, 0.1) is 17.9 Å². The highest BCUT2D eigenvalue weighted by molar-refractivity contribution is 6.13. The molecule has 1 aromatic rings. The number of para-hydroxylation sites is 1. The first-order chi connectivity index (χ1) is 8.63. The van der Waals surface area contributed by atoms with Gasteiger partial charge in [-0.2, -0.15) is 0 Å². The Bertz CT molecular complexity index is 540. The third-order valence-corrected chi connectivity index (χ3v) is 3.96. The summed E-state index contributed by atoms with van der Waals surface area (Å²) in [6.45, 7) is 2.14. The fourth-order valence-corrected chi connectivity index (χ4v) is 2.99. The van der Waals surface area contributed by atoms with Gasteiger partial charge in [-0.05, 0) is 25.0 Å². The molecule has 1 aliphatic carbocycles. The van der Waals surface area contributed by atoms with E-state index in [1.165, 1.54) is 0 Å². The molecule has 1 aliphatic heterocycles. The fourth-order valence-electron chi connectivity index (χ4n) is 2.99. The van der Waals surface area contributed by atoms with Gasteiger partial charge in [-0.15, -0.1) is 0 Å². The molecule has 94 valence electrons.